The number of aromatic nitrogens is 2. The molecule has 0 saturated heterocycles. The number of hydrogen-bond acceptors (Lipinski definition) is 5. The zero-order chi connectivity index (χ0) is 19.2. The molecule has 140 valence electrons. The van der Waals surface area contributed by atoms with Crippen LogP contribution >= 0.6 is 11.6 Å². The van der Waals surface area contributed by atoms with Crippen LogP contribution in [0.1, 0.15) is 25.0 Å². The third-order valence-corrected chi connectivity index (χ3v) is 4.40. The number of benzene rings is 2. The van der Waals surface area contributed by atoms with E-state index in [0.717, 1.165) is 24.0 Å². The lowest BCUT2D eigenvalue weighted by Crippen LogP contribution is -2.20. The van der Waals surface area contributed by atoms with Gasteiger partial charge in [-0.05, 0) is 64.6 Å². The molecule has 0 spiro atoms. The van der Waals surface area contributed by atoms with Gasteiger partial charge in [0.25, 0.3) is 5.91 Å². The average molecular weight is 386 g/mol. The van der Waals surface area contributed by atoms with Crippen LogP contribution in [0.2, 0.25) is 5.02 Å². The van der Waals surface area contributed by atoms with E-state index in [-0.39, 0.29) is 18.3 Å². The number of aryl methyl sites for hydroxylation is 2. The smallest absolute Gasteiger partial charge is 0.263 e. The molecule has 6 nitrogen and oxygen atoms in total. The summed E-state index contributed by atoms with van der Waals surface area (Å²) >= 11 is 5.83. The number of halogens is 1. The molecule has 0 aliphatic rings. The van der Waals surface area contributed by atoms with E-state index in [2.05, 4.69) is 47.7 Å². The van der Waals surface area contributed by atoms with E-state index in [1.807, 2.05) is 0 Å². The van der Waals surface area contributed by atoms with E-state index < -0.39 is 0 Å². The second-order valence-corrected chi connectivity index (χ2v) is 6.39. The van der Waals surface area contributed by atoms with Crippen LogP contribution in [0.4, 0.5) is 5.82 Å². The molecule has 0 saturated carbocycles. The summed E-state index contributed by atoms with van der Waals surface area (Å²) in [5.41, 5.74) is 3.71. The van der Waals surface area contributed by atoms with E-state index in [4.69, 9.17) is 21.0 Å². The third kappa shape index (κ3) is 4.65. The lowest BCUT2D eigenvalue weighted by atomic mass is 9.98. The Morgan fingerprint density at radius 3 is 2.59 bits per heavy atom. The molecule has 0 bridgehead atoms. The van der Waals surface area contributed by atoms with Crippen molar-refractivity contribution in [2.45, 2.75) is 26.7 Å². The fourth-order valence-electron chi connectivity index (χ4n) is 2.67. The van der Waals surface area contributed by atoms with Gasteiger partial charge < -0.3 is 10.1 Å². The first-order valence-electron chi connectivity index (χ1n) is 8.73. The summed E-state index contributed by atoms with van der Waals surface area (Å²) in [5, 5.41) is 11.1. The van der Waals surface area contributed by atoms with Crippen molar-refractivity contribution >= 4 is 23.3 Å². The second-order valence-electron chi connectivity index (χ2n) is 5.95. The minimum atomic E-state index is -0.355. The molecule has 1 aromatic heterocycles. The number of rotatable bonds is 7. The summed E-state index contributed by atoms with van der Waals surface area (Å²) in [5.74, 6) is 0.478. The Morgan fingerprint density at radius 1 is 1.11 bits per heavy atom. The number of carbonyl (C=O) groups excluding carboxylic acids is 1. The SMILES string of the molecule is CCc1ccc(CC)c(-c2nonc2NC(=O)COc2ccc(Cl)cc2)c1. The summed E-state index contributed by atoms with van der Waals surface area (Å²) in [7, 11) is 0. The van der Waals surface area contributed by atoms with E-state index in [1.165, 1.54) is 5.56 Å². The molecule has 0 radical (unpaired) electrons. The minimum Gasteiger partial charge on any atom is -0.484 e. The summed E-state index contributed by atoms with van der Waals surface area (Å²) in [4.78, 5) is 12.2. The molecule has 3 aromatic rings. The van der Waals surface area contributed by atoms with Gasteiger partial charge in [0.15, 0.2) is 12.3 Å². The molecule has 0 unspecified atom stereocenters. The third-order valence-electron chi connectivity index (χ3n) is 4.15. The van der Waals surface area contributed by atoms with Gasteiger partial charge in [0.05, 0.1) is 0 Å². The summed E-state index contributed by atoms with van der Waals surface area (Å²) < 4.78 is 10.3. The van der Waals surface area contributed by atoms with Crippen molar-refractivity contribution in [2.24, 2.45) is 0 Å². The molecular weight excluding hydrogens is 366 g/mol. The van der Waals surface area contributed by atoms with Crippen LogP contribution in [0.5, 0.6) is 5.75 Å². The van der Waals surface area contributed by atoms with Gasteiger partial charge in [0.2, 0.25) is 5.82 Å². The Balaban J connectivity index is 1.73. The number of nitrogens with one attached hydrogen (secondary N) is 1. The van der Waals surface area contributed by atoms with Crippen molar-refractivity contribution in [3.8, 4) is 17.0 Å². The van der Waals surface area contributed by atoms with Crippen molar-refractivity contribution in [3.63, 3.8) is 0 Å². The number of carbonyl (C=O) groups is 1. The van der Waals surface area contributed by atoms with Crippen LogP contribution in [-0.2, 0) is 17.6 Å². The Labute approximate surface area is 162 Å². The molecule has 0 aliphatic heterocycles. The molecule has 27 heavy (non-hydrogen) atoms. The zero-order valence-corrected chi connectivity index (χ0v) is 15.9. The van der Waals surface area contributed by atoms with E-state index in [1.54, 1.807) is 24.3 Å². The highest BCUT2D eigenvalue weighted by Gasteiger charge is 2.18. The minimum absolute atomic E-state index is 0.163. The highest BCUT2D eigenvalue weighted by atomic mass is 35.5. The molecule has 1 amide bonds. The van der Waals surface area contributed by atoms with Crippen LogP contribution < -0.4 is 10.1 Å². The predicted octanol–water partition coefficient (Wildman–Crippen LogP) is 4.53. The maximum atomic E-state index is 12.2. The topological polar surface area (TPSA) is 77.3 Å². The molecule has 0 aliphatic carbocycles. The van der Waals surface area contributed by atoms with Crippen molar-refractivity contribution in [3.05, 3.63) is 58.6 Å². The van der Waals surface area contributed by atoms with Crippen LogP contribution in [0.15, 0.2) is 47.1 Å². The normalized spacial score (nSPS) is 10.6. The van der Waals surface area contributed by atoms with Gasteiger partial charge in [0.1, 0.15) is 5.75 Å². The summed E-state index contributed by atoms with van der Waals surface area (Å²) in [6.07, 6.45) is 1.73. The standard InChI is InChI=1S/C20H20ClN3O3/c1-3-13-5-6-14(4-2)17(11-13)19-20(24-27-23-19)22-18(25)12-26-16-9-7-15(21)8-10-16/h5-11H,3-4,12H2,1-2H3,(H,22,24,25). The molecule has 2 aromatic carbocycles. The van der Waals surface area contributed by atoms with Gasteiger partial charge in [-0.25, -0.2) is 4.63 Å². The second kappa shape index (κ2) is 8.68. The van der Waals surface area contributed by atoms with Crippen LogP contribution in [0.25, 0.3) is 11.3 Å². The van der Waals surface area contributed by atoms with Crippen molar-refractivity contribution < 1.29 is 14.2 Å². The van der Waals surface area contributed by atoms with Crippen molar-refractivity contribution in [1.82, 2.24) is 10.3 Å². The zero-order valence-electron chi connectivity index (χ0n) is 15.2. The first kappa shape index (κ1) is 18.9. The van der Waals surface area contributed by atoms with Gasteiger partial charge in [0, 0.05) is 10.6 Å². The van der Waals surface area contributed by atoms with E-state index in [9.17, 15) is 4.79 Å². The largest absolute Gasteiger partial charge is 0.484 e. The fourth-order valence-corrected chi connectivity index (χ4v) is 2.79. The highest BCUT2D eigenvalue weighted by Crippen LogP contribution is 2.29. The Hall–Kier alpha value is -2.86. The number of hydrogen-bond donors (Lipinski definition) is 1. The van der Waals surface area contributed by atoms with Gasteiger partial charge >= 0.3 is 0 Å². The van der Waals surface area contributed by atoms with Gasteiger partial charge in [-0.2, -0.15) is 0 Å². The Morgan fingerprint density at radius 2 is 1.89 bits per heavy atom. The maximum Gasteiger partial charge on any atom is 0.263 e. The highest BCUT2D eigenvalue weighted by molar-refractivity contribution is 6.30. The summed E-state index contributed by atoms with van der Waals surface area (Å²) in [6.45, 7) is 3.99. The van der Waals surface area contributed by atoms with Crippen LogP contribution in [-0.4, -0.2) is 22.8 Å². The van der Waals surface area contributed by atoms with Gasteiger partial charge in [-0.15, -0.1) is 0 Å². The molecule has 0 atom stereocenters. The molecular formula is C20H20ClN3O3. The molecule has 7 heteroatoms. The lowest BCUT2D eigenvalue weighted by Gasteiger charge is -2.09. The predicted molar refractivity (Wildman–Crippen MR) is 104 cm³/mol. The first-order chi connectivity index (χ1) is 13.1. The summed E-state index contributed by atoms with van der Waals surface area (Å²) in [6, 6.07) is 13.0. The number of anilines is 1. The molecule has 1 heterocycles. The molecule has 3 rings (SSSR count). The Bertz CT molecular complexity index is 922. The van der Waals surface area contributed by atoms with Crippen LogP contribution in [0.3, 0.4) is 0 Å². The van der Waals surface area contributed by atoms with E-state index in [0.29, 0.717) is 16.5 Å². The van der Waals surface area contributed by atoms with E-state index >= 15 is 0 Å². The van der Waals surface area contributed by atoms with Crippen LogP contribution in [0, 0.1) is 0 Å². The first-order valence-corrected chi connectivity index (χ1v) is 9.11. The average Bonchev–Trinajstić information content (AvgIpc) is 3.14. The monoisotopic (exact) mass is 385 g/mol. The maximum absolute atomic E-state index is 12.2. The number of amides is 1. The van der Waals surface area contributed by atoms with Gasteiger partial charge in [-0.1, -0.05) is 37.6 Å². The lowest BCUT2D eigenvalue weighted by molar-refractivity contribution is -0.118. The molecule has 1 N–H and O–H groups in total. The van der Waals surface area contributed by atoms with Crippen molar-refractivity contribution in [1.29, 1.82) is 0 Å². The van der Waals surface area contributed by atoms with Gasteiger partial charge in [-0.3, -0.25) is 4.79 Å². The quantitative estimate of drug-likeness (QED) is 0.646. The Kier molecular flexibility index (Phi) is 6.08. The van der Waals surface area contributed by atoms with Crippen molar-refractivity contribution in [2.75, 3.05) is 11.9 Å². The molecule has 0 fully saturated rings. The fraction of sp³-hybridized carbons (Fsp3) is 0.250. The number of nitrogens with zero attached hydrogens (tertiary/aromatic N) is 2. The number of ether oxygens (including phenoxy) is 1.